The molecule has 1 atom stereocenters. The summed E-state index contributed by atoms with van der Waals surface area (Å²) in [6, 6.07) is -0.722. The molecule has 7 heteroatoms. The second-order valence-electron chi connectivity index (χ2n) is 3.63. The molecule has 2 aromatic rings. The van der Waals surface area contributed by atoms with Gasteiger partial charge >= 0.3 is 5.97 Å². The summed E-state index contributed by atoms with van der Waals surface area (Å²) in [7, 11) is 0. The van der Waals surface area contributed by atoms with Gasteiger partial charge in [0.25, 0.3) is 0 Å². The number of fused-ring (bicyclic) bond motifs is 1. The van der Waals surface area contributed by atoms with Crippen molar-refractivity contribution in [3.05, 3.63) is 12.7 Å². The maximum absolute atomic E-state index is 10.8. The molecular weight excluding hydrogens is 222 g/mol. The molecular formula is C10H13N5O2. The lowest BCUT2D eigenvalue weighted by Gasteiger charge is -2.09. The van der Waals surface area contributed by atoms with Gasteiger partial charge in [-0.05, 0) is 13.8 Å². The Kier molecular flexibility index (Phi) is 2.90. The van der Waals surface area contributed by atoms with Crippen LogP contribution < -0.4 is 5.32 Å². The predicted molar refractivity (Wildman–Crippen MR) is 61.7 cm³/mol. The van der Waals surface area contributed by atoms with E-state index < -0.39 is 12.0 Å². The summed E-state index contributed by atoms with van der Waals surface area (Å²) in [5.41, 5.74) is 1.28. The minimum atomic E-state index is -0.938. The second kappa shape index (κ2) is 4.36. The molecule has 0 amide bonds. The maximum atomic E-state index is 10.8. The van der Waals surface area contributed by atoms with Crippen molar-refractivity contribution in [2.75, 3.05) is 5.32 Å². The van der Waals surface area contributed by atoms with Crippen molar-refractivity contribution in [3.8, 4) is 0 Å². The van der Waals surface area contributed by atoms with Gasteiger partial charge in [-0.3, -0.25) is 4.79 Å². The van der Waals surface area contributed by atoms with E-state index in [9.17, 15) is 4.79 Å². The summed E-state index contributed by atoms with van der Waals surface area (Å²) in [5, 5.41) is 11.6. The Balaban J connectivity index is 2.41. The van der Waals surface area contributed by atoms with Crippen molar-refractivity contribution in [1.82, 2.24) is 19.5 Å². The van der Waals surface area contributed by atoms with Gasteiger partial charge in [-0.1, -0.05) is 0 Å². The summed E-state index contributed by atoms with van der Waals surface area (Å²) in [4.78, 5) is 23.1. The van der Waals surface area contributed by atoms with Crippen molar-refractivity contribution in [3.63, 3.8) is 0 Å². The molecule has 17 heavy (non-hydrogen) atoms. The fourth-order valence-corrected chi connectivity index (χ4v) is 1.48. The van der Waals surface area contributed by atoms with E-state index in [0.717, 1.165) is 6.54 Å². The fourth-order valence-electron chi connectivity index (χ4n) is 1.48. The SMILES string of the molecule is CCn1cnc2c(N[C@H](C)C(=O)O)ncnc21. The molecule has 2 aromatic heterocycles. The molecule has 0 aliphatic heterocycles. The number of aliphatic carboxylic acids is 1. The Labute approximate surface area is 97.5 Å². The Morgan fingerprint density at radius 2 is 2.29 bits per heavy atom. The first kappa shape index (κ1) is 11.3. The topological polar surface area (TPSA) is 92.9 Å². The van der Waals surface area contributed by atoms with E-state index >= 15 is 0 Å². The van der Waals surface area contributed by atoms with Crippen LogP contribution in [0.1, 0.15) is 13.8 Å². The van der Waals surface area contributed by atoms with Crippen LogP contribution in [-0.4, -0.2) is 36.6 Å². The molecule has 0 aliphatic rings. The van der Waals surface area contributed by atoms with E-state index in [0.29, 0.717) is 17.0 Å². The second-order valence-corrected chi connectivity index (χ2v) is 3.63. The Bertz CT molecular complexity index is 551. The number of carbonyl (C=O) groups is 1. The van der Waals surface area contributed by atoms with Gasteiger partial charge in [0.15, 0.2) is 11.5 Å². The van der Waals surface area contributed by atoms with Crippen molar-refractivity contribution in [2.45, 2.75) is 26.4 Å². The zero-order chi connectivity index (χ0) is 12.4. The summed E-state index contributed by atoms with van der Waals surface area (Å²) >= 11 is 0. The largest absolute Gasteiger partial charge is 0.480 e. The third kappa shape index (κ3) is 2.03. The van der Waals surface area contributed by atoms with Crippen LogP contribution in [0.2, 0.25) is 0 Å². The van der Waals surface area contributed by atoms with E-state index in [2.05, 4.69) is 20.3 Å². The van der Waals surface area contributed by atoms with E-state index in [-0.39, 0.29) is 0 Å². The molecule has 2 rings (SSSR count). The van der Waals surface area contributed by atoms with Gasteiger partial charge in [0.2, 0.25) is 0 Å². The van der Waals surface area contributed by atoms with Crippen molar-refractivity contribution in [1.29, 1.82) is 0 Å². The molecule has 0 spiro atoms. The number of imidazole rings is 1. The number of rotatable bonds is 4. The van der Waals surface area contributed by atoms with Gasteiger partial charge in [-0.2, -0.15) is 0 Å². The summed E-state index contributed by atoms with van der Waals surface area (Å²) < 4.78 is 1.87. The minimum absolute atomic E-state index is 0.442. The van der Waals surface area contributed by atoms with Gasteiger partial charge in [0.05, 0.1) is 6.33 Å². The highest BCUT2D eigenvalue weighted by atomic mass is 16.4. The zero-order valence-corrected chi connectivity index (χ0v) is 9.58. The molecule has 2 N–H and O–H groups in total. The van der Waals surface area contributed by atoms with Gasteiger partial charge in [-0.15, -0.1) is 0 Å². The number of anilines is 1. The van der Waals surface area contributed by atoms with Crippen LogP contribution in [0.4, 0.5) is 5.82 Å². The lowest BCUT2D eigenvalue weighted by molar-refractivity contribution is -0.137. The highest BCUT2D eigenvalue weighted by Gasteiger charge is 2.15. The number of aryl methyl sites for hydroxylation is 1. The number of nitrogens with zero attached hydrogens (tertiary/aromatic N) is 4. The van der Waals surface area contributed by atoms with Crippen LogP contribution in [0.5, 0.6) is 0 Å². The molecule has 0 aromatic carbocycles. The molecule has 0 fully saturated rings. The molecule has 0 unspecified atom stereocenters. The molecule has 0 saturated heterocycles. The van der Waals surface area contributed by atoms with Gasteiger partial charge in [0.1, 0.15) is 17.9 Å². The van der Waals surface area contributed by atoms with E-state index in [1.165, 1.54) is 6.33 Å². The summed E-state index contributed by atoms with van der Waals surface area (Å²) in [6.07, 6.45) is 3.06. The average molecular weight is 235 g/mol. The molecule has 0 radical (unpaired) electrons. The quantitative estimate of drug-likeness (QED) is 0.811. The molecule has 0 bridgehead atoms. The van der Waals surface area contributed by atoms with Gasteiger partial charge in [0, 0.05) is 6.54 Å². The summed E-state index contributed by atoms with van der Waals surface area (Å²) in [5.74, 6) is -0.496. The average Bonchev–Trinajstić information content (AvgIpc) is 2.72. The van der Waals surface area contributed by atoms with E-state index in [1.807, 2.05) is 11.5 Å². The molecule has 90 valence electrons. The number of hydrogen-bond acceptors (Lipinski definition) is 5. The first-order valence-corrected chi connectivity index (χ1v) is 5.28. The van der Waals surface area contributed by atoms with Crippen LogP contribution in [-0.2, 0) is 11.3 Å². The number of hydrogen-bond donors (Lipinski definition) is 2. The lowest BCUT2D eigenvalue weighted by Crippen LogP contribution is -2.26. The predicted octanol–water partition coefficient (Wildman–Crippen LogP) is 0.731. The number of aromatic nitrogens is 4. The monoisotopic (exact) mass is 235 g/mol. The first-order chi connectivity index (χ1) is 8.13. The number of carboxylic acids is 1. The molecule has 2 heterocycles. The van der Waals surface area contributed by atoms with Crippen LogP contribution in [0.15, 0.2) is 12.7 Å². The standard InChI is InChI=1S/C10H13N5O2/c1-3-15-5-13-7-8(11-4-12-9(7)15)14-6(2)10(16)17/h4-6H,3H2,1-2H3,(H,16,17)(H,11,12,14)/t6-/m1/s1. The Hall–Kier alpha value is -2.18. The highest BCUT2D eigenvalue weighted by Crippen LogP contribution is 2.17. The van der Waals surface area contributed by atoms with Crippen molar-refractivity contribution < 1.29 is 9.90 Å². The smallest absolute Gasteiger partial charge is 0.325 e. The van der Waals surface area contributed by atoms with Crippen LogP contribution in [0.25, 0.3) is 11.2 Å². The normalized spacial score (nSPS) is 12.6. The van der Waals surface area contributed by atoms with Crippen molar-refractivity contribution >= 4 is 23.0 Å². The zero-order valence-electron chi connectivity index (χ0n) is 9.58. The Morgan fingerprint density at radius 1 is 1.53 bits per heavy atom. The molecule has 0 aliphatic carbocycles. The number of nitrogens with one attached hydrogen (secondary N) is 1. The number of carboxylic acid groups (broad SMARTS) is 1. The molecule has 0 saturated carbocycles. The maximum Gasteiger partial charge on any atom is 0.325 e. The summed E-state index contributed by atoms with van der Waals surface area (Å²) in [6.45, 7) is 4.28. The minimum Gasteiger partial charge on any atom is -0.480 e. The fraction of sp³-hybridized carbons (Fsp3) is 0.400. The van der Waals surface area contributed by atoms with Crippen molar-refractivity contribution in [2.24, 2.45) is 0 Å². The third-order valence-electron chi connectivity index (χ3n) is 2.47. The van der Waals surface area contributed by atoms with E-state index in [1.54, 1.807) is 13.3 Å². The van der Waals surface area contributed by atoms with Crippen LogP contribution >= 0.6 is 0 Å². The van der Waals surface area contributed by atoms with Crippen LogP contribution in [0, 0.1) is 0 Å². The van der Waals surface area contributed by atoms with Gasteiger partial charge in [-0.25, -0.2) is 15.0 Å². The van der Waals surface area contributed by atoms with Crippen LogP contribution in [0.3, 0.4) is 0 Å². The van der Waals surface area contributed by atoms with E-state index in [4.69, 9.17) is 5.11 Å². The van der Waals surface area contributed by atoms with Gasteiger partial charge < -0.3 is 15.0 Å². The molecule has 7 nitrogen and oxygen atoms in total. The lowest BCUT2D eigenvalue weighted by atomic mass is 10.3. The first-order valence-electron chi connectivity index (χ1n) is 5.28. The highest BCUT2D eigenvalue weighted by molar-refractivity contribution is 5.85. The third-order valence-corrected chi connectivity index (χ3v) is 2.47. The Morgan fingerprint density at radius 3 is 2.94 bits per heavy atom.